The van der Waals surface area contributed by atoms with Crippen molar-refractivity contribution in [2.45, 2.75) is 24.7 Å². The summed E-state index contributed by atoms with van der Waals surface area (Å²) in [6.07, 6.45) is 2.34. The second-order valence-corrected chi connectivity index (χ2v) is 11.2. The molecule has 0 atom stereocenters. The SMILES string of the molecule is CCNS(=O)(=O)c1cc2c(Oc3ccc(NC(=O)C4(C(=O)Nc5ccc(F)cc5)CC4)cc3)ccnc2cc1OC. The zero-order valence-corrected chi connectivity index (χ0v) is 23.0. The molecule has 1 heterocycles. The predicted octanol–water partition coefficient (Wildman–Crippen LogP) is 4.83. The number of hydrogen-bond donors (Lipinski definition) is 3. The number of halogens is 1. The van der Waals surface area contributed by atoms with Gasteiger partial charge < -0.3 is 20.1 Å². The van der Waals surface area contributed by atoms with Crippen molar-refractivity contribution in [2.24, 2.45) is 5.41 Å². The number of hydrogen-bond acceptors (Lipinski definition) is 7. The van der Waals surface area contributed by atoms with E-state index < -0.39 is 33.1 Å². The number of benzene rings is 3. The molecule has 0 radical (unpaired) electrons. The molecule has 2 amide bonds. The van der Waals surface area contributed by atoms with Crippen LogP contribution in [-0.2, 0) is 19.6 Å². The van der Waals surface area contributed by atoms with Crippen LogP contribution in [0.5, 0.6) is 17.2 Å². The molecule has 1 fully saturated rings. The molecule has 1 saturated carbocycles. The third-order valence-corrected chi connectivity index (χ3v) is 8.24. The number of nitrogens with zero attached hydrogens (tertiary/aromatic N) is 1. The number of sulfonamides is 1. The van der Waals surface area contributed by atoms with Crippen LogP contribution in [-0.4, -0.2) is 38.9 Å². The van der Waals surface area contributed by atoms with Crippen LogP contribution >= 0.6 is 0 Å². The first-order valence-corrected chi connectivity index (χ1v) is 14.3. The Labute approximate surface area is 235 Å². The summed E-state index contributed by atoms with van der Waals surface area (Å²) >= 11 is 0. The molecule has 212 valence electrons. The van der Waals surface area contributed by atoms with Crippen molar-refractivity contribution in [3.05, 3.63) is 78.7 Å². The van der Waals surface area contributed by atoms with Gasteiger partial charge in [0.15, 0.2) is 0 Å². The Morgan fingerprint density at radius 2 is 1.54 bits per heavy atom. The molecule has 5 rings (SSSR count). The van der Waals surface area contributed by atoms with E-state index in [4.69, 9.17) is 9.47 Å². The number of nitrogens with one attached hydrogen (secondary N) is 3. The van der Waals surface area contributed by atoms with Gasteiger partial charge in [0.2, 0.25) is 21.8 Å². The average Bonchev–Trinajstić information content (AvgIpc) is 3.77. The fourth-order valence-electron chi connectivity index (χ4n) is 4.30. The predicted molar refractivity (Wildman–Crippen MR) is 151 cm³/mol. The minimum atomic E-state index is -3.83. The molecule has 41 heavy (non-hydrogen) atoms. The summed E-state index contributed by atoms with van der Waals surface area (Å²) in [7, 11) is -2.44. The van der Waals surface area contributed by atoms with Gasteiger partial charge in [-0.25, -0.2) is 17.5 Å². The van der Waals surface area contributed by atoms with Crippen molar-refractivity contribution in [2.75, 3.05) is 24.3 Å². The van der Waals surface area contributed by atoms with Gasteiger partial charge >= 0.3 is 0 Å². The summed E-state index contributed by atoms with van der Waals surface area (Å²) in [5, 5.41) is 5.92. The van der Waals surface area contributed by atoms with Gasteiger partial charge in [-0.3, -0.25) is 14.6 Å². The molecule has 12 heteroatoms. The summed E-state index contributed by atoms with van der Waals surface area (Å²) in [5.41, 5.74) is 0.162. The first-order valence-electron chi connectivity index (χ1n) is 12.8. The highest BCUT2D eigenvalue weighted by molar-refractivity contribution is 7.89. The van der Waals surface area contributed by atoms with E-state index in [0.29, 0.717) is 46.6 Å². The zero-order valence-electron chi connectivity index (χ0n) is 22.2. The standard InChI is InChI=1S/C29H27FN4O6S/c1-3-32-41(37,38)26-16-22-23(17-25(26)39-2)31-15-12-24(22)40-21-10-8-20(9-11-21)34-28(36)29(13-14-29)27(35)33-19-6-4-18(30)5-7-19/h4-12,15-17,32H,3,13-14H2,1-2H3,(H,33,35)(H,34,36). The first-order chi connectivity index (χ1) is 19.6. The van der Waals surface area contributed by atoms with Crippen LogP contribution < -0.4 is 24.8 Å². The van der Waals surface area contributed by atoms with Gasteiger partial charge in [0.1, 0.15) is 33.4 Å². The lowest BCUT2D eigenvalue weighted by Gasteiger charge is -2.16. The monoisotopic (exact) mass is 578 g/mol. The molecule has 0 bridgehead atoms. The molecule has 3 aromatic carbocycles. The molecule has 10 nitrogen and oxygen atoms in total. The molecule has 0 saturated heterocycles. The highest BCUT2D eigenvalue weighted by atomic mass is 32.2. The van der Waals surface area contributed by atoms with Crippen LogP contribution in [0.1, 0.15) is 19.8 Å². The largest absolute Gasteiger partial charge is 0.495 e. The number of carbonyl (C=O) groups is 2. The molecule has 0 unspecified atom stereocenters. The maximum atomic E-state index is 13.2. The molecule has 4 aromatic rings. The summed E-state index contributed by atoms with van der Waals surface area (Å²) in [6.45, 7) is 1.89. The molecule has 3 N–H and O–H groups in total. The van der Waals surface area contributed by atoms with E-state index in [9.17, 15) is 22.4 Å². The number of ether oxygens (including phenoxy) is 2. The summed E-state index contributed by atoms with van der Waals surface area (Å²) in [4.78, 5) is 30.1. The minimum absolute atomic E-state index is 0.0391. The average molecular weight is 579 g/mol. The van der Waals surface area contributed by atoms with Gasteiger partial charge in [0.05, 0.1) is 12.6 Å². The smallest absolute Gasteiger partial charge is 0.244 e. The molecule has 1 aromatic heterocycles. The molecule has 0 spiro atoms. The van der Waals surface area contributed by atoms with Crippen LogP contribution in [0.2, 0.25) is 0 Å². The number of anilines is 2. The summed E-state index contributed by atoms with van der Waals surface area (Å²) < 4.78 is 52.4. The highest BCUT2D eigenvalue weighted by Gasteiger charge is 2.56. The lowest BCUT2D eigenvalue weighted by atomic mass is 10.0. The van der Waals surface area contributed by atoms with Gasteiger partial charge in [0, 0.05) is 35.6 Å². The van der Waals surface area contributed by atoms with Gasteiger partial charge in [0.25, 0.3) is 0 Å². The van der Waals surface area contributed by atoms with Crippen LogP contribution in [0.15, 0.2) is 77.8 Å². The third kappa shape index (κ3) is 5.83. The van der Waals surface area contributed by atoms with E-state index in [0.717, 1.165) is 0 Å². The number of amides is 2. The van der Waals surface area contributed by atoms with Crippen molar-refractivity contribution in [1.82, 2.24) is 9.71 Å². The van der Waals surface area contributed by atoms with E-state index in [-0.39, 0.29) is 17.2 Å². The van der Waals surface area contributed by atoms with Crippen molar-refractivity contribution in [1.29, 1.82) is 0 Å². The van der Waals surface area contributed by atoms with Gasteiger partial charge in [-0.05, 0) is 73.5 Å². The number of methoxy groups -OCH3 is 1. The van der Waals surface area contributed by atoms with E-state index in [2.05, 4.69) is 20.3 Å². The molecular weight excluding hydrogens is 551 g/mol. The lowest BCUT2D eigenvalue weighted by molar-refractivity contribution is -0.131. The third-order valence-electron chi connectivity index (χ3n) is 6.67. The lowest BCUT2D eigenvalue weighted by Crippen LogP contribution is -2.35. The van der Waals surface area contributed by atoms with Crippen LogP contribution in [0, 0.1) is 11.2 Å². The Morgan fingerprint density at radius 3 is 2.10 bits per heavy atom. The van der Waals surface area contributed by atoms with Crippen molar-refractivity contribution in [3.8, 4) is 17.2 Å². The minimum Gasteiger partial charge on any atom is -0.495 e. The first kappa shape index (κ1) is 28.0. The number of pyridine rings is 1. The maximum Gasteiger partial charge on any atom is 0.244 e. The summed E-state index contributed by atoms with van der Waals surface area (Å²) in [5.74, 6) is -0.349. The van der Waals surface area contributed by atoms with Crippen molar-refractivity contribution < 1.29 is 31.9 Å². The normalized spacial score (nSPS) is 13.8. The quantitative estimate of drug-likeness (QED) is 0.229. The van der Waals surface area contributed by atoms with E-state index in [1.165, 1.54) is 49.7 Å². The van der Waals surface area contributed by atoms with Crippen molar-refractivity contribution in [3.63, 3.8) is 0 Å². The topological polar surface area (TPSA) is 136 Å². The fourth-order valence-corrected chi connectivity index (χ4v) is 5.52. The number of aromatic nitrogens is 1. The number of fused-ring (bicyclic) bond motifs is 1. The van der Waals surface area contributed by atoms with E-state index in [1.54, 1.807) is 37.3 Å². The Kier molecular flexibility index (Phi) is 7.61. The second-order valence-electron chi connectivity index (χ2n) is 9.45. The van der Waals surface area contributed by atoms with Crippen molar-refractivity contribution >= 4 is 44.1 Å². The summed E-state index contributed by atoms with van der Waals surface area (Å²) in [6, 6.07) is 16.5. The number of rotatable bonds is 10. The molecular formula is C29H27FN4O6S. The second kappa shape index (κ2) is 11.1. The fraction of sp³-hybridized carbons (Fsp3) is 0.207. The molecule has 0 aliphatic heterocycles. The zero-order chi connectivity index (χ0) is 29.2. The maximum absolute atomic E-state index is 13.2. The Balaban J connectivity index is 1.31. The van der Waals surface area contributed by atoms with E-state index in [1.807, 2.05) is 0 Å². The Morgan fingerprint density at radius 1 is 0.927 bits per heavy atom. The Bertz CT molecular complexity index is 1720. The van der Waals surface area contributed by atoms with Crippen LogP contribution in [0.25, 0.3) is 10.9 Å². The number of carbonyl (C=O) groups excluding carboxylic acids is 2. The molecule has 1 aliphatic carbocycles. The highest BCUT2D eigenvalue weighted by Crippen LogP contribution is 2.47. The van der Waals surface area contributed by atoms with Gasteiger partial charge in [-0.2, -0.15) is 0 Å². The van der Waals surface area contributed by atoms with Gasteiger partial charge in [-0.15, -0.1) is 0 Å². The van der Waals surface area contributed by atoms with Gasteiger partial charge in [-0.1, -0.05) is 6.92 Å². The van der Waals surface area contributed by atoms with Crippen LogP contribution in [0.3, 0.4) is 0 Å². The van der Waals surface area contributed by atoms with E-state index >= 15 is 0 Å². The Hall–Kier alpha value is -4.55. The molecule has 1 aliphatic rings. The van der Waals surface area contributed by atoms with Crippen LogP contribution in [0.4, 0.5) is 15.8 Å².